The van der Waals surface area contributed by atoms with Crippen LogP contribution in [0.4, 0.5) is 0 Å². The third-order valence-corrected chi connectivity index (χ3v) is 3.47. The Bertz CT molecular complexity index is 401. The van der Waals surface area contributed by atoms with E-state index in [4.69, 9.17) is 19.3 Å². The van der Waals surface area contributed by atoms with Crippen LogP contribution < -0.4 is 0 Å². The van der Waals surface area contributed by atoms with E-state index < -0.39 is 0 Å². The zero-order chi connectivity index (χ0) is 14.5. The van der Waals surface area contributed by atoms with Crippen LogP contribution in [-0.4, -0.2) is 48.7 Å². The van der Waals surface area contributed by atoms with Gasteiger partial charge < -0.3 is 19.3 Å². The van der Waals surface area contributed by atoms with Crippen molar-refractivity contribution in [2.45, 2.75) is 51.1 Å². The fourth-order valence-electron chi connectivity index (χ4n) is 2.39. The Morgan fingerprint density at radius 3 is 3.00 bits per heavy atom. The molecule has 0 amide bonds. The lowest BCUT2D eigenvalue weighted by Crippen LogP contribution is -2.40. The largest absolute Gasteiger partial charge is 0.456 e. The fourth-order valence-corrected chi connectivity index (χ4v) is 2.39. The Hall–Kier alpha value is -1.17. The van der Waals surface area contributed by atoms with Gasteiger partial charge in [-0.25, -0.2) is 4.79 Å². The first kappa shape index (κ1) is 15.2. The number of fused-ring (bicyclic) bond motifs is 1. The molecule has 0 radical (unpaired) electrons. The van der Waals surface area contributed by atoms with Gasteiger partial charge in [0, 0.05) is 6.61 Å². The maximum absolute atomic E-state index is 11.7. The molecule has 0 aromatic heterocycles. The van der Waals surface area contributed by atoms with Crippen molar-refractivity contribution >= 4 is 5.97 Å². The lowest BCUT2D eigenvalue weighted by molar-refractivity contribution is -0.139. The van der Waals surface area contributed by atoms with E-state index in [0.29, 0.717) is 12.2 Å². The second-order valence-electron chi connectivity index (χ2n) is 5.05. The summed E-state index contributed by atoms with van der Waals surface area (Å²) in [7, 11) is 0. The molecule has 112 valence electrons. The molecule has 0 aliphatic carbocycles. The summed E-state index contributed by atoms with van der Waals surface area (Å²) in [5, 5.41) is 8.90. The second kappa shape index (κ2) is 7.02. The molecule has 2 heterocycles. The molecule has 0 bridgehead atoms. The van der Waals surface area contributed by atoms with Gasteiger partial charge in [0.1, 0.15) is 24.4 Å². The third kappa shape index (κ3) is 3.29. The van der Waals surface area contributed by atoms with Crippen LogP contribution in [0, 0.1) is 0 Å². The SMILES string of the molecule is CCCCO[C@@H]1C=C2C(=O)O[C@@H](C)[C@H]2O[C@@H]1/C=C/CO. The van der Waals surface area contributed by atoms with E-state index in [9.17, 15) is 4.79 Å². The van der Waals surface area contributed by atoms with Gasteiger partial charge in [0.05, 0.1) is 12.2 Å². The first-order chi connectivity index (χ1) is 9.67. The Kier molecular flexibility index (Phi) is 5.34. The summed E-state index contributed by atoms with van der Waals surface area (Å²) in [4.78, 5) is 11.7. The van der Waals surface area contributed by atoms with E-state index in [2.05, 4.69) is 6.92 Å². The summed E-state index contributed by atoms with van der Waals surface area (Å²) in [5.74, 6) is -0.323. The van der Waals surface area contributed by atoms with Gasteiger partial charge >= 0.3 is 5.97 Å². The monoisotopic (exact) mass is 282 g/mol. The van der Waals surface area contributed by atoms with Crippen LogP contribution in [0.1, 0.15) is 26.7 Å². The molecule has 20 heavy (non-hydrogen) atoms. The standard InChI is InChI=1S/C15H22O5/c1-3-4-8-18-13-9-11-14(10(2)19-15(11)17)20-12(13)6-5-7-16/h5-6,9-10,12-14,16H,3-4,7-8H2,1-2H3/b6-5+/t10-,12+,13+,14+/m0/s1. The van der Waals surface area contributed by atoms with E-state index in [1.54, 1.807) is 12.2 Å². The van der Waals surface area contributed by atoms with Gasteiger partial charge in [0.2, 0.25) is 0 Å². The lowest BCUT2D eigenvalue weighted by Gasteiger charge is -2.31. The number of unbranched alkanes of at least 4 members (excludes halogenated alkanes) is 1. The predicted octanol–water partition coefficient (Wildman–Crippen LogP) is 1.36. The first-order valence-electron chi connectivity index (χ1n) is 7.14. The highest BCUT2D eigenvalue weighted by Gasteiger charge is 2.44. The van der Waals surface area contributed by atoms with Crippen LogP contribution in [0.25, 0.3) is 0 Å². The number of aliphatic hydroxyl groups is 1. The van der Waals surface area contributed by atoms with Crippen molar-refractivity contribution < 1.29 is 24.1 Å². The maximum Gasteiger partial charge on any atom is 0.336 e. The molecule has 2 aliphatic heterocycles. The van der Waals surface area contributed by atoms with Crippen molar-refractivity contribution in [1.82, 2.24) is 0 Å². The minimum atomic E-state index is -0.345. The number of carbonyl (C=O) groups excluding carboxylic acids is 1. The predicted molar refractivity (Wildman–Crippen MR) is 73.2 cm³/mol. The molecule has 5 nitrogen and oxygen atoms in total. The highest BCUT2D eigenvalue weighted by Crippen LogP contribution is 2.32. The normalized spacial score (nSPS) is 33.1. The van der Waals surface area contributed by atoms with Crippen molar-refractivity contribution in [2.75, 3.05) is 13.2 Å². The molecule has 1 saturated heterocycles. The molecule has 2 rings (SSSR count). The van der Waals surface area contributed by atoms with Crippen LogP contribution in [0.15, 0.2) is 23.8 Å². The molecule has 0 unspecified atom stereocenters. The van der Waals surface area contributed by atoms with Gasteiger partial charge in [0.25, 0.3) is 0 Å². The molecule has 4 atom stereocenters. The summed E-state index contributed by atoms with van der Waals surface area (Å²) in [5.41, 5.74) is 0.549. The van der Waals surface area contributed by atoms with Crippen LogP contribution in [0.2, 0.25) is 0 Å². The minimum absolute atomic E-state index is 0.0479. The number of hydrogen-bond donors (Lipinski definition) is 1. The van der Waals surface area contributed by atoms with Crippen molar-refractivity contribution in [1.29, 1.82) is 0 Å². The Balaban J connectivity index is 2.13. The number of cyclic esters (lactones) is 1. The van der Waals surface area contributed by atoms with E-state index in [0.717, 1.165) is 12.8 Å². The highest BCUT2D eigenvalue weighted by molar-refractivity contribution is 5.92. The van der Waals surface area contributed by atoms with Crippen molar-refractivity contribution in [3.8, 4) is 0 Å². The average molecular weight is 282 g/mol. The van der Waals surface area contributed by atoms with Crippen LogP contribution in [0.3, 0.4) is 0 Å². The minimum Gasteiger partial charge on any atom is -0.456 e. The molecule has 0 aromatic carbocycles. The maximum atomic E-state index is 11.7. The van der Waals surface area contributed by atoms with Crippen LogP contribution in [0.5, 0.6) is 0 Å². The fraction of sp³-hybridized carbons (Fsp3) is 0.667. The van der Waals surface area contributed by atoms with Gasteiger partial charge in [-0.1, -0.05) is 25.5 Å². The Labute approximate surface area is 119 Å². The molecule has 2 aliphatic rings. The number of ether oxygens (including phenoxy) is 3. The zero-order valence-electron chi connectivity index (χ0n) is 12.0. The molecule has 1 N–H and O–H groups in total. The van der Waals surface area contributed by atoms with Crippen molar-refractivity contribution in [3.05, 3.63) is 23.8 Å². The summed E-state index contributed by atoms with van der Waals surface area (Å²) < 4.78 is 16.9. The van der Waals surface area contributed by atoms with E-state index in [-0.39, 0.29) is 37.0 Å². The number of hydrogen-bond acceptors (Lipinski definition) is 5. The second-order valence-corrected chi connectivity index (χ2v) is 5.05. The van der Waals surface area contributed by atoms with Crippen molar-refractivity contribution in [3.63, 3.8) is 0 Å². The van der Waals surface area contributed by atoms with E-state index >= 15 is 0 Å². The number of carbonyl (C=O) groups is 1. The summed E-state index contributed by atoms with van der Waals surface area (Å²) >= 11 is 0. The number of esters is 1. The molecule has 0 spiro atoms. The highest BCUT2D eigenvalue weighted by atomic mass is 16.6. The molecule has 0 aromatic rings. The topological polar surface area (TPSA) is 65.0 Å². The van der Waals surface area contributed by atoms with Gasteiger partial charge in [-0.05, 0) is 19.4 Å². The Morgan fingerprint density at radius 2 is 2.30 bits per heavy atom. The summed E-state index contributed by atoms with van der Waals surface area (Å²) in [6.45, 7) is 4.48. The van der Waals surface area contributed by atoms with Crippen LogP contribution >= 0.6 is 0 Å². The molecule has 0 saturated carbocycles. The Morgan fingerprint density at radius 1 is 1.50 bits per heavy atom. The van der Waals surface area contributed by atoms with Crippen LogP contribution in [-0.2, 0) is 19.0 Å². The van der Waals surface area contributed by atoms with Crippen molar-refractivity contribution in [2.24, 2.45) is 0 Å². The van der Waals surface area contributed by atoms with E-state index in [1.165, 1.54) is 0 Å². The molecule has 5 heteroatoms. The number of rotatable bonds is 6. The average Bonchev–Trinajstić information content (AvgIpc) is 2.71. The molecule has 1 fully saturated rings. The lowest BCUT2D eigenvalue weighted by atomic mass is 9.99. The van der Waals surface area contributed by atoms with Gasteiger partial charge in [-0.3, -0.25) is 0 Å². The first-order valence-corrected chi connectivity index (χ1v) is 7.14. The quantitative estimate of drug-likeness (QED) is 0.453. The molecular formula is C15H22O5. The smallest absolute Gasteiger partial charge is 0.336 e. The summed E-state index contributed by atoms with van der Waals surface area (Å²) in [6.07, 6.45) is 5.97. The van der Waals surface area contributed by atoms with Gasteiger partial charge in [-0.2, -0.15) is 0 Å². The van der Waals surface area contributed by atoms with Gasteiger partial charge in [-0.15, -0.1) is 0 Å². The van der Waals surface area contributed by atoms with E-state index in [1.807, 2.05) is 13.0 Å². The summed E-state index contributed by atoms with van der Waals surface area (Å²) in [6, 6.07) is 0. The van der Waals surface area contributed by atoms with Gasteiger partial charge in [0.15, 0.2) is 0 Å². The zero-order valence-corrected chi connectivity index (χ0v) is 12.0. The number of aliphatic hydroxyl groups excluding tert-OH is 1. The third-order valence-electron chi connectivity index (χ3n) is 3.47. The molecular weight excluding hydrogens is 260 g/mol.